The highest BCUT2D eigenvalue weighted by Gasteiger charge is 1.89. The van der Waals surface area contributed by atoms with Crippen LogP contribution in [0.1, 0.15) is 0 Å². The third-order valence-electron chi connectivity index (χ3n) is 0. The van der Waals surface area contributed by atoms with Crippen LogP contribution in [0.15, 0.2) is 0 Å². The maximum absolute atomic E-state index is 8.68. The summed E-state index contributed by atoms with van der Waals surface area (Å²) in [6.07, 6.45) is 0. The molecule has 0 aliphatic rings. The van der Waals surface area contributed by atoms with Gasteiger partial charge in [-0.05, 0) is 3.44 Å². The number of rotatable bonds is 0. The van der Waals surface area contributed by atoms with Crippen molar-refractivity contribution >= 4 is 0 Å². The van der Waals surface area contributed by atoms with Crippen LogP contribution in [0, 0.1) is 11.8 Å². The Labute approximate surface area is 43.7 Å². The molecule has 1 N–H and O–H groups in total. The van der Waals surface area contributed by atoms with E-state index < -0.39 is 21.1 Å². The molecule has 0 radical (unpaired) electrons. The first-order valence-corrected chi connectivity index (χ1v) is 3.46. The molecule has 4 nitrogen and oxygen atoms in total. The van der Waals surface area contributed by atoms with Gasteiger partial charge in [0.2, 0.25) is 0 Å². The molecule has 0 aliphatic carbocycles. The predicted octanol–water partition coefficient (Wildman–Crippen LogP) is -5.79. The van der Waals surface area contributed by atoms with E-state index in [1.165, 1.54) is 0 Å². The highest BCUT2D eigenvalue weighted by Crippen LogP contribution is 0.586. The Kier molecular flexibility index (Phi) is 14.0. The second-order valence-corrected chi connectivity index (χ2v) is 1.35. The minimum atomic E-state index is -3.76. The average molecular weight is 203 g/mol. The summed E-state index contributed by atoms with van der Waals surface area (Å²) >= 11 is -3.76. The molecule has 0 aromatic rings. The lowest BCUT2D eigenvalue weighted by atomic mass is 11.9. The van der Waals surface area contributed by atoms with Gasteiger partial charge in [-0.1, -0.05) is 0 Å². The molecule has 0 aromatic carbocycles. The maximum Gasteiger partial charge on any atom is 0.503 e. The van der Waals surface area contributed by atoms with E-state index in [-0.39, 0.29) is 0 Å². The molecule has 0 saturated heterocycles. The van der Waals surface area contributed by atoms with Crippen molar-refractivity contribution in [1.29, 1.82) is 5.26 Å². The summed E-state index contributed by atoms with van der Waals surface area (Å²) in [7, 11) is 0. The fraction of sp³-hybridized carbons (Fsp3) is 0. The number of hydrogen-bond acceptors (Lipinski definition) is 4. The summed E-state index contributed by atoms with van der Waals surface area (Å²) in [5, 5.41) is 6.50. The molecule has 6 heavy (non-hydrogen) atoms. The lowest BCUT2D eigenvalue weighted by molar-refractivity contribution is -1.63. The predicted molar refractivity (Wildman–Crippen MR) is 8.89 cm³/mol. The van der Waals surface area contributed by atoms with Gasteiger partial charge in [0.15, 0.2) is 0 Å². The van der Waals surface area contributed by atoms with Gasteiger partial charge in [-0.25, -0.2) is 5.26 Å². The fourth-order valence-corrected chi connectivity index (χ4v) is 0. The molecule has 0 aromatic heterocycles. The molecular weight excluding hydrogens is 201 g/mol. The van der Waals surface area contributed by atoms with Crippen LogP contribution in [-0.2, 0) is 0 Å². The summed E-state index contributed by atoms with van der Waals surface area (Å²) in [6.45, 7) is 3.50. The van der Waals surface area contributed by atoms with Gasteiger partial charge in [-0.15, -0.1) is 0 Å². The molecule has 0 rings (SSSR count). The van der Waals surface area contributed by atoms with E-state index in [4.69, 9.17) is 15.6 Å². The lowest BCUT2D eigenvalue weighted by Gasteiger charge is -1.67. The van der Waals surface area contributed by atoms with Crippen LogP contribution in [0.3, 0.4) is 0 Å². The van der Waals surface area contributed by atoms with Gasteiger partial charge in [-0.3, -0.25) is 0 Å². The van der Waals surface area contributed by atoms with Crippen molar-refractivity contribution in [3.05, 3.63) is 0 Å². The summed E-state index contributed by atoms with van der Waals surface area (Å²) in [4.78, 5) is 0. The lowest BCUT2D eigenvalue weighted by Crippen LogP contribution is -3.98. The number of halogens is 1. The minimum Gasteiger partial charge on any atom is -0.396 e. The molecule has 36 valence electrons. The molecule has 0 fully saturated rings. The molecule has 0 bridgehead atoms. The Hall–Kier alpha value is 0.1000. The summed E-state index contributed by atoms with van der Waals surface area (Å²) in [5.41, 5.74) is 0. The average Bonchev–Trinajstić information content (AvgIpc) is 1.41. The molecule has 5 heteroatoms. The van der Waals surface area contributed by atoms with E-state index in [2.05, 4.69) is 6.57 Å². The fourth-order valence-electron chi connectivity index (χ4n) is 0. The van der Waals surface area contributed by atoms with Gasteiger partial charge in [-0.2, -0.15) is 0 Å². The zero-order valence-corrected chi connectivity index (χ0v) is 4.82. The first kappa shape index (κ1) is 9.44. The second kappa shape index (κ2) is 8.92. The van der Waals surface area contributed by atoms with Gasteiger partial charge in [0, 0.05) is 6.57 Å². The highest BCUT2D eigenvalue weighted by molar-refractivity contribution is 4.03. The molecular formula is CH2INO3. The van der Waals surface area contributed by atoms with Crippen molar-refractivity contribution in [2.75, 3.05) is 0 Å². The zero-order chi connectivity index (χ0) is 5.58. The first-order valence-electron chi connectivity index (χ1n) is 0.736. The van der Waals surface area contributed by atoms with Gasteiger partial charge < -0.3 is 6.87 Å². The maximum atomic E-state index is 8.68. The monoisotopic (exact) mass is 203 g/mol. The number of hydrogen-bond donors (Lipinski definition) is 1. The molecule has 0 spiro atoms. The number of nitriles is 1. The molecule has 0 heterocycles. The van der Waals surface area contributed by atoms with Crippen LogP contribution < -0.4 is 27.9 Å². The quantitative estimate of drug-likeness (QED) is 0.397. The number of nitrogens with zero attached hydrogens (tertiary/aromatic N) is 1. The Bertz CT molecular complexity index is 32.3. The van der Waals surface area contributed by atoms with Crippen LogP contribution in [0.2, 0.25) is 0 Å². The highest BCUT2D eigenvalue weighted by atomic mass is 127. The van der Waals surface area contributed by atoms with Gasteiger partial charge >= 0.3 is 21.1 Å². The van der Waals surface area contributed by atoms with Crippen LogP contribution in [0.25, 0.3) is 0 Å². The molecule has 0 amide bonds. The van der Waals surface area contributed by atoms with Crippen LogP contribution >= 0.6 is 0 Å². The Morgan fingerprint density at radius 1 is 1.50 bits per heavy atom. The zero-order valence-electron chi connectivity index (χ0n) is 2.67. The van der Waals surface area contributed by atoms with Gasteiger partial charge in [0.05, 0.1) is 0 Å². The van der Waals surface area contributed by atoms with Crippen LogP contribution in [-0.4, -0.2) is 3.44 Å². The van der Waals surface area contributed by atoms with Crippen molar-refractivity contribution in [2.45, 2.75) is 0 Å². The van der Waals surface area contributed by atoms with Crippen LogP contribution in [0.4, 0.5) is 0 Å². The summed E-state index contributed by atoms with van der Waals surface area (Å²) < 4.78 is 24.5. The van der Waals surface area contributed by atoms with Gasteiger partial charge in [0.25, 0.3) is 0 Å². The SMILES string of the molecule is C#N.[O-][I+2]([O-])O. The van der Waals surface area contributed by atoms with E-state index in [1.807, 2.05) is 0 Å². The molecule has 0 atom stereocenters. The van der Waals surface area contributed by atoms with E-state index in [0.717, 1.165) is 0 Å². The Morgan fingerprint density at radius 2 is 1.50 bits per heavy atom. The summed E-state index contributed by atoms with van der Waals surface area (Å²) in [5.74, 6) is 0. The van der Waals surface area contributed by atoms with Crippen molar-refractivity contribution in [1.82, 2.24) is 0 Å². The van der Waals surface area contributed by atoms with E-state index >= 15 is 0 Å². The normalized spacial score (nSPS) is 6.33. The Morgan fingerprint density at radius 3 is 1.50 bits per heavy atom. The van der Waals surface area contributed by atoms with Crippen molar-refractivity contribution in [3.8, 4) is 6.57 Å². The minimum absolute atomic E-state index is 3.50. The smallest absolute Gasteiger partial charge is 0.396 e. The van der Waals surface area contributed by atoms with E-state index in [0.29, 0.717) is 0 Å². The van der Waals surface area contributed by atoms with Crippen molar-refractivity contribution in [3.63, 3.8) is 0 Å². The second-order valence-electron chi connectivity index (χ2n) is 0.201. The van der Waals surface area contributed by atoms with Crippen LogP contribution in [0.5, 0.6) is 0 Å². The third kappa shape index (κ3) is 3940. The molecule has 0 unspecified atom stereocenters. The Balaban J connectivity index is 0. The van der Waals surface area contributed by atoms with E-state index in [9.17, 15) is 0 Å². The van der Waals surface area contributed by atoms with Crippen molar-refractivity contribution in [2.24, 2.45) is 0 Å². The first-order chi connectivity index (χ1) is 2.73. The third-order valence-corrected chi connectivity index (χ3v) is 0. The largest absolute Gasteiger partial charge is 0.503 e. The summed E-state index contributed by atoms with van der Waals surface area (Å²) in [6, 6.07) is 0. The van der Waals surface area contributed by atoms with E-state index in [1.54, 1.807) is 0 Å². The standard InChI is InChI=1S/CHN.HIO3/c1-2;2-1(3)4/h1H;2H. The van der Waals surface area contributed by atoms with Gasteiger partial charge in [0.1, 0.15) is 0 Å². The topological polar surface area (TPSA) is 90.1 Å². The van der Waals surface area contributed by atoms with Crippen molar-refractivity contribution < 1.29 is 31.4 Å². The molecule has 0 saturated carbocycles. The molecule has 0 aliphatic heterocycles.